The number of carbonyl (C=O) groups is 1. The zero-order valence-corrected chi connectivity index (χ0v) is 18.9. The van der Waals surface area contributed by atoms with Gasteiger partial charge in [0.05, 0.1) is 27.5 Å². The van der Waals surface area contributed by atoms with Crippen LogP contribution in [0.4, 0.5) is 5.13 Å². The smallest absolute Gasteiger partial charge is 0.258 e. The monoisotopic (exact) mass is 475 g/mol. The van der Waals surface area contributed by atoms with Crippen LogP contribution in [0.2, 0.25) is 10.0 Å². The summed E-state index contributed by atoms with van der Waals surface area (Å²) in [4.78, 5) is 22.5. The fourth-order valence-electron chi connectivity index (χ4n) is 3.44. The van der Waals surface area contributed by atoms with Gasteiger partial charge in [-0.25, -0.2) is 9.97 Å². The Morgan fingerprint density at radius 3 is 2.44 bits per heavy atom. The summed E-state index contributed by atoms with van der Waals surface area (Å²) < 4.78 is 0. The van der Waals surface area contributed by atoms with E-state index in [1.165, 1.54) is 11.3 Å². The number of nitrogens with zero attached hydrogens (tertiary/aromatic N) is 2. The van der Waals surface area contributed by atoms with Crippen LogP contribution < -0.4 is 5.32 Å². The molecule has 3 aromatic carbocycles. The van der Waals surface area contributed by atoms with Crippen molar-refractivity contribution in [1.29, 1.82) is 0 Å². The molecule has 0 saturated heterocycles. The Hall–Kier alpha value is -3.25. The Kier molecular flexibility index (Phi) is 5.62. The van der Waals surface area contributed by atoms with Gasteiger partial charge in [0.1, 0.15) is 0 Å². The van der Waals surface area contributed by atoms with E-state index in [2.05, 4.69) is 10.3 Å². The summed E-state index contributed by atoms with van der Waals surface area (Å²) in [5, 5.41) is 7.10. The number of benzene rings is 3. The molecule has 0 atom stereocenters. The molecule has 5 aromatic rings. The van der Waals surface area contributed by atoms with E-state index in [0.29, 0.717) is 26.4 Å². The van der Waals surface area contributed by atoms with Crippen LogP contribution in [0.15, 0.2) is 84.2 Å². The van der Waals surface area contributed by atoms with Crippen LogP contribution in [0.1, 0.15) is 10.4 Å². The van der Waals surface area contributed by atoms with E-state index in [9.17, 15) is 4.79 Å². The normalized spacial score (nSPS) is 10.9. The minimum absolute atomic E-state index is 0.246. The van der Waals surface area contributed by atoms with Crippen molar-refractivity contribution in [2.75, 3.05) is 5.32 Å². The SMILES string of the molecule is O=C(Nc1nc(-c2ccc(Cl)cc2Cl)cs1)c1cc(-c2ccccc2)nc2ccccc12. The van der Waals surface area contributed by atoms with Gasteiger partial charge in [-0.2, -0.15) is 0 Å². The molecule has 32 heavy (non-hydrogen) atoms. The summed E-state index contributed by atoms with van der Waals surface area (Å²) in [6.07, 6.45) is 0. The third-order valence-corrected chi connectivity index (χ3v) is 6.27. The standard InChI is InChI=1S/C25H15Cl2N3OS/c26-16-10-11-18(20(27)12-16)23-14-32-25(29-23)30-24(31)19-13-22(15-6-2-1-3-7-15)28-21-9-5-4-8-17(19)21/h1-14H,(H,29,30,31). The van der Waals surface area contributed by atoms with E-state index < -0.39 is 0 Å². The number of nitrogens with one attached hydrogen (secondary N) is 1. The van der Waals surface area contributed by atoms with Crippen molar-refractivity contribution in [2.24, 2.45) is 0 Å². The van der Waals surface area contributed by atoms with Crippen LogP contribution in [0.25, 0.3) is 33.4 Å². The summed E-state index contributed by atoms with van der Waals surface area (Å²) in [7, 11) is 0. The largest absolute Gasteiger partial charge is 0.298 e. The highest BCUT2D eigenvalue weighted by Crippen LogP contribution is 2.33. The first-order valence-corrected chi connectivity index (χ1v) is 11.4. The first kappa shape index (κ1) is 20.6. The van der Waals surface area contributed by atoms with Gasteiger partial charge in [0.25, 0.3) is 5.91 Å². The average Bonchev–Trinajstić information content (AvgIpc) is 3.27. The van der Waals surface area contributed by atoms with E-state index in [1.54, 1.807) is 12.1 Å². The van der Waals surface area contributed by atoms with E-state index in [1.807, 2.05) is 72.1 Å². The Labute approximate surface area is 198 Å². The van der Waals surface area contributed by atoms with E-state index in [0.717, 1.165) is 27.7 Å². The van der Waals surface area contributed by atoms with E-state index >= 15 is 0 Å². The van der Waals surface area contributed by atoms with Crippen molar-refractivity contribution >= 4 is 56.5 Å². The topological polar surface area (TPSA) is 54.9 Å². The molecule has 0 aliphatic rings. The van der Waals surface area contributed by atoms with Crippen LogP contribution in [0, 0.1) is 0 Å². The summed E-state index contributed by atoms with van der Waals surface area (Å²) in [5.41, 5.74) is 4.41. The molecule has 0 aliphatic carbocycles. The molecule has 0 unspecified atom stereocenters. The molecule has 0 aliphatic heterocycles. The predicted molar refractivity (Wildman–Crippen MR) is 133 cm³/mol. The van der Waals surface area contributed by atoms with Gasteiger partial charge < -0.3 is 0 Å². The second-order valence-electron chi connectivity index (χ2n) is 7.05. The zero-order chi connectivity index (χ0) is 22.1. The number of pyridine rings is 1. The highest BCUT2D eigenvalue weighted by atomic mass is 35.5. The Bertz CT molecular complexity index is 1450. The number of hydrogen-bond donors (Lipinski definition) is 1. The molecule has 0 bridgehead atoms. The number of rotatable bonds is 4. The molecule has 0 fully saturated rings. The number of halogens is 2. The number of para-hydroxylation sites is 1. The number of carbonyl (C=O) groups excluding carboxylic acids is 1. The van der Waals surface area contributed by atoms with Crippen LogP contribution in [0.3, 0.4) is 0 Å². The van der Waals surface area contributed by atoms with Crippen molar-refractivity contribution < 1.29 is 4.79 Å². The zero-order valence-electron chi connectivity index (χ0n) is 16.5. The molecule has 1 amide bonds. The predicted octanol–water partition coefficient (Wildman–Crippen LogP) is 7.58. The van der Waals surface area contributed by atoms with Gasteiger partial charge in [0.2, 0.25) is 0 Å². The van der Waals surface area contributed by atoms with Gasteiger partial charge in [-0.05, 0) is 30.3 Å². The lowest BCUT2D eigenvalue weighted by atomic mass is 10.0. The average molecular weight is 476 g/mol. The minimum atomic E-state index is -0.246. The molecule has 0 spiro atoms. The summed E-state index contributed by atoms with van der Waals surface area (Å²) in [6, 6.07) is 24.5. The fourth-order valence-corrected chi connectivity index (χ4v) is 4.65. The maximum atomic E-state index is 13.3. The Morgan fingerprint density at radius 1 is 0.844 bits per heavy atom. The van der Waals surface area contributed by atoms with Gasteiger partial charge in [-0.1, -0.05) is 71.7 Å². The van der Waals surface area contributed by atoms with Crippen molar-refractivity contribution in [3.63, 3.8) is 0 Å². The van der Waals surface area contributed by atoms with Gasteiger partial charge >= 0.3 is 0 Å². The second-order valence-corrected chi connectivity index (χ2v) is 8.76. The molecule has 7 heteroatoms. The molecular weight excluding hydrogens is 461 g/mol. The molecule has 0 saturated carbocycles. The van der Waals surface area contributed by atoms with Crippen molar-refractivity contribution in [2.45, 2.75) is 0 Å². The van der Waals surface area contributed by atoms with Gasteiger partial charge in [0.15, 0.2) is 5.13 Å². The first-order chi connectivity index (χ1) is 15.6. The molecule has 5 rings (SSSR count). The number of aromatic nitrogens is 2. The molecule has 4 nitrogen and oxygen atoms in total. The molecule has 2 aromatic heterocycles. The maximum absolute atomic E-state index is 13.3. The lowest BCUT2D eigenvalue weighted by molar-refractivity contribution is 0.102. The lowest BCUT2D eigenvalue weighted by Gasteiger charge is -2.09. The third-order valence-electron chi connectivity index (χ3n) is 4.96. The highest BCUT2D eigenvalue weighted by molar-refractivity contribution is 7.14. The van der Waals surface area contributed by atoms with Crippen LogP contribution in [-0.2, 0) is 0 Å². The van der Waals surface area contributed by atoms with Crippen molar-refractivity contribution in [1.82, 2.24) is 9.97 Å². The number of anilines is 1. The summed E-state index contributed by atoms with van der Waals surface area (Å²) in [6.45, 7) is 0. The molecule has 1 N–H and O–H groups in total. The minimum Gasteiger partial charge on any atom is -0.298 e. The lowest BCUT2D eigenvalue weighted by Crippen LogP contribution is -2.13. The number of fused-ring (bicyclic) bond motifs is 1. The molecule has 2 heterocycles. The fraction of sp³-hybridized carbons (Fsp3) is 0. The van der Waals surface area contributed by atoms with Crippen LogP contribution in [0.5, 0.6) is 0 Å². The summed E-state index contributed by atoms with van der Waals surface area (Å²) >= 11 is 13.6. The van der Waals surface area contributed by atoms with Crippen molar-refractivity contribution in [3.8, 4) is 22.5 Å². The summed E-state index contributed by atoms with van der Waals surface area (Å²) in [5.74, 6) is -0.246. The maximum Gasteiger partial charge on any atom is 0.258 e. The van der Waals surface area contributed by atoms with Gasteiger partial charge in [-0.15, -0.1) is 11.3 Å². The van der Waals surface area contributed by atoms with Crippen LogP contribution in [-0.4, -0.2) is 15.9 Å². The van der Waals surface area contributed by atoms with Crippen molar-refractivity contribution in [3.05, 3.63) is 99.9 Å². The number of hydrogen-bond acceptors (Lipinski definition) is 4. The quantitative estimate of drug-likeness (QED) is 0.291. The van der Waals surface area contributed by atoms with E-state index in [4.69, 9.17) is 28.2 Å². The Balaban J connectivity index is 1.50. The second kappa shape index (κ2) is 8.71. The van der Waals surface area contributed by atoms with Gasteiger partial charge in [0, 0.05) is 26.9 Å². The molecule has 0 radical (unpaired) electrons. The third kappa shape index (κ3) is 4.10. The highest BCUT2D eigenvalue weighted by Gasteiger charge is 2.16. The Morgan fingerprint density at radius 2 is 1.62 bits per heavy atom. The molecule has 156 valence electrons. The number of thiazole rings is 1. The van der Waals surface area contributed by atoms with Gasteiger partial charge in [-0.3, -0.25) is 10.1 Å². The first-order valence-electron chi connectivity index (χ1n) is 9.76. The number of amides is 1. The van der Waals surface area contributed by atoms with E-state index in [-0.39, 0.29) is 5.91 Å². The molecular formula is C25H15Cl2N3OS. The van der Waals surface area contributed by atoms with Crippen LogP contribution >= 0.6 is 34.5 Å².